The second kappa shape index (κ2) is 5.73. The average Bonchev–Trinajstić information content (AvgIpc) is 2.36. The summed E-state index contributed by atoms with van der Waals surface area (Å²) < 4.78 is 36.9. The molecule has 0 aromatic carbocycles. The van der Waals surface area contributed by atoms with E-state index >= 15 is 0 Å². The van der Waals surface area contributed by atoms with Crippen molar-refractivity contribution in [1.82, 2.24) is 10.2 Å². The number of nitrogens with zero attached hydrogens (tertiary/aromatic N) is 2. The van der Waals surface area contributed by atoms with Gasteiger partial charge in [-0.25, -0.2) is 0 Å². The predicted octanol–water partition coefficient (Wildman–Crippen LogP) is 3.70. The topological polar surface area (TPSA) is 37.8 Å². The Morgan fingerprint density at radius 1 is 1.17 bits per heavy atom. The highest BCUT2D eigenvalue weighted by Crippen LogP contribution is 2.28. The van der Waals surface area contributed by atoms with Gasteiger partial charge in [0.15, 0.2) is 5.69 Å². The summed E-state index contributed by atoms with van der Waals surface area (Å²) in [6.45, 7) is 3.91. The quantitative estimate of drug-likeness (QED) is 0.836. The van der Waals surface area contributed by atoms with Gasteiger partial charge in [0.05, 0.1) is 5.54 Å². The molecule has 0 saturated carbocycles. The Hall–Kier alpha value is -1.04. The molecule has 0 amide bonds. The number of anilines is 1. The van der Waals surface area contributed by atoms with Crippen LogP contribution in [-0.2, 0) is 6.18 Å². The molecule has 0 aliphatic heterocycles. The molecule has 18 heavy (non-hydrogen) atoms. The fraction of sp³-hybridized carbons (Fsp3) is 0.636. The molecule has 1 N–H and O–H groups in total. The van der Waals surface area contributed by atoms with Gasteiger partial charge in [-0.05, 0) is 25.0 Å². The van der Waals surface area contributed by atoms with Crippen molar-refractivity contribution in [2.75, 3.05) is 11.2 Å². The van der Waals surface area contributed by atoms with Crippen LogP contribution in [0.4, 0.5) is 19.0 Å². The summed E-state index contributed by atoms with van der Waals surface area (Å²) in [4.78, 5) is 0. The molecule has 7 heteroatoms. The van der Waals surface area contributed by atoms with Crippen LogP contribution in [0.1, 0.15) is 32.4 Å². The molecule has 0 aliphatic carbocycles. The lowest BCUT2D eigenvalue weighted by Gasteiger charge is -2.31. The summed E-state index contributed by atoms with van der Waals surface area (Å²) in [7, 11) is 0. The number of hydrogen-bond donors (Lipinski definition) is 1. The third-order valence-corrected chi connectivity index (χ3v) is 3.47. The van der Waals surface area contributed by atoms with E-state index in [0.29, 0.717) is 11.7 Å². The molecule has 1 aromatic heterocycles. The van der Waals surface area contributed by atoms with Crippen LogP contribution in [-0.4, -0.2) is 21.6 Å². The summed E-state index contributed by atoms with van der Waals surface area (Å²) in [5.74, 6) is 0.648. The number of nitrogens with one attached hydrogen (secondary N) is 1. The monoisotopic (exact) mass is 281 g/mol. The van der Waals surface area contributed by atoms with E-state index < -0.39 is 11.9 Å². The van der Waals surface area contributed by atoms with Crippen LogP contribution in [0, 0.1) is 0 Å². The lowest BCUT2D eigenvalue weighted by molar-refractivity contribution is -0.141. The van der Waals surface area contributed by atoms with E-state index in [1.807, 2.05) is 13.8 Å². The Labute approximate surface area is 109 Å². The summed E-state index contributed by atoms with van der Waals surface area (Å²) in [5.41, 5.74) is -1.37. The summed E-state index contributed by atoms with van der Waals surface area (Å²) >= 11 is 5.89. The maximum absolute atomic E-state index is 12.3. The van der Waals surface area contributed by atoms with Crippen molar-refractivity contribution in [3.63, 3.8) is 0 Å². The second-order valence-corrected chi connectivity index (χ2v) is 4.31. The Balaban J connectivity index is 2.86. The maximum atomic E-state index is 12.3. The molecule has 0 fully saturated rings. The van der Waals surface area contributed by atoms with Crippen molar-refractivity contribution >= 4 is 17.4 Å². The molecule has 0 spiro atoms. The maximum Gasteiger partial charge on any atom is 0.435 e. The van der Waals surface area contributed by atoms with Crippen LogP contribution < -0.4 is 5.32 Å². The van der Waals surface area contributed by atoms with E-state index in [9.17, 15) is 13.2 Å². The smallest absolute Gasteiger partial charge is 0.362 e. The molecule has 1 rings (SSSR count). The van der Waals surface area contributed by atoms with Crippen molar-refractivity contribution in [2.45, 2.75) is 38.4 Å². The fourth-order valence-corrected chi connectivity index (χ4v) is 1.92. The first-order chi connectivity index (χ1) is 8.37. The highest BCUT2D eigenvalue weighted by atomic mass is 35.5. The zero-order valence-corrected chi connectivity index (χ0v) is 10.9. The average molecular weight is 282 g/mol. The van der Waals surface area contributed by atoms with Crippen molar-refractivity contribution in [1.29, 1.82) is 0 Å². The van der Waals surface area contributed by atoms with Crippen molar-refractivity contribution in [3.05, 3.63) is 17.8 Å². The van der Waals surface area contributed by atoms with Gasteiger partial charge < -0.3 is 5.32 Å². The van der Waals surface area contributed by atoms with E-state index in [4.69, 9.17) is 11.6 Å². The van der Waals surface area contributed by atoms with Gasteiger partial charge in [-0.2, -0.15) is 13.2 Å². The molecule has 1 heterocycles. The molecular weight excluding hydrogens is 267 g/mol. The number of rotatable bonds is 5. The molecule has 0 unspecified atom stereocenters. The van der Waals surface area contributed by atoms with E-state index in [0.717, 1.165) is 18.9 Å². The van der Waals surface area contributed by atoms with Crippen LogP contribution in [0.15, 0.2) is 12.1 Å². The van der Waals surface area contributed by atoms with E-state index in [-0.39, 0.29) is 5.54 Å². The molecule has 0 aliphatic rings. The van der Waals surface area contributed by atoms with Gasteiger partial charge in [-0.3, -0.25) is 0 Å². The Morgan fingerprint density at radius 3 is 2.11 bits per heavy atom. The van der Waals surface area contributed by atoms with Crippen molar-refractivity contribution in [3.8, 4) is 0 Å². The molecule has 3 nitrogen and oxygen atoms in total. The van der Waals surface area contributed by atoms with E-state index in [1.54, 1.807) is 0 Å². The number of alkyl halides is 4. The van der Waals surface area contributed by atoms with Gasteiger partial charge in [-0.15, -0.1) is 21.8 Å². The summed E-state index contributed by atoms with van der Waals surface area (Å²) in [5, 5.41) is 9.74. The molecular formula is C11H15ClF3N3. The van der Waals surface area contributed by atoms with Gasteiger partial charge in [0.25, 0.3) is 0 Å². The molecule has 0 bridgehead atoms. The third kappa shape index (κ3) is 3.48. The number of halogens is 4. The molecule has 0 radical (unpaired) electrons. The van der Waals surface area contributed by atoms with E-state index in [2.05, 4.69) is 15.5 Å². The van der Waals surface area contributed by atoms with Crippen LogP contribution in [0.3, 0.4) is 0 Å². The highest BCUT2D eigenvalue weighted by Gasteiger charge is 2.33. The van der Waals surface area contributed by atoms with Crippen LogP contribution in [0.2, 0.25) is 0 Å². The molecule has 1 aromatic rings. The van der Waals surface area contributed by atoms with Crippen molar-refractivity contribution in [2.24, 2.45) is 0 Å². The first kappa shape index (κ1) is 15.0. The first-order valence-corrected chi connectivity index (χ1v) is 6.15. The minimum absolute atomic E-state index is 0.298. The van der Waals surface area contributed by atoms with Crippen LogP contribution in [0.5, 0.6) is 0 Å². The molecule has 0 atom stereocenters. The van der Waals surface area contributed by atoms with Gasteiger partial charge in [0.1, 0.15) is 5.82 Å². The van der Waals surface area contributed by atoms with Crippen LogP contribution >= 0.6 is 11.6 Å². The molecule has 0 saturated heterocycles. The second-order valence-electron chi connectivity index (χ2n) is 4.05. The zero-order chi connectivity index (χ0) is 13.8. The largest absolute Gasteiger partial charge is 0.435 e. The SMILES string of the molecule is CCC(CC)(CCl)Nc1ccc(C(F)(F)F)nn1. The van der Waals surface area contributed by atoms with E-state index in [1.165, 1.54) is 6.07 Å². The zero-order valence-electron chi connectivity index (χ0n) is 10.2. The lowest BCUT2D eigenvalue weighted by Crippen LogP contribution is -2.39. The Bertz CT molecular complexity index is 366. The third-order valence-electron chi connectivity index (χ3n) is 2.96. The highest BCUT2D eigenvalue weighted by molar-refractivity contribution is 6.18. The van der Waals surface area contributed by atoms with Gasteiger partial charge in [0, 0.05) is 5.88 Å². The minimum atomic E-state index is -4.47. The number of hydrogen-bond acceptors (Lipinski definition) is 3. The standard InChI is InChI=1S/C11H15ClF3N3/c1-3-10(4-2,7-12)16-9-6-5-8(17-18-9)11(13,14)15/h5-6H,3-4,7H2,1-2H3,(H,16,18). The lowest BCUT2D eigenvalue weighted by atomic mass is 9.95. The first-order valence-electron chi connectivity index (χ1n) is 5.62. The van der Waals surface area contributed by atoms with Crippen LogP contribution in [0.25, 0.3) is 0 Å². The minimum Gasteiger partial charge on any atom is -0.362 e. The Morgan fingerprint density at radius 2 is 1.78 bits per heavy atom. The van der Waals surface area contributed by atoms with Crippen molar-refractivity contribution < 1.29 is 13.2 Å². The van der Waals surface area contributed by atoms with Gasteiger partial charge in [-0.1, -0.05) is 13.8 Å². The number of aromatic nitrogens is 2. The predicted molar refractivity (Wildman–Crippen MR) is 64.7 cm³/mol. The van der Waals surface area contributed by atoms with Gasteiger partial charge in [0.2, 0.25) is 0 Å². The normalized spacial score (nSPS) is 12.6. The van der Waals surface area contributed by atoms with Gasteiger partial charge >= 0.3 is 6.18 Å². The molecule has 102 valence electrons. The summed E-state index contributed by atoms with van der Waals surface area (Å²) in [6.07, 6.45) is -2.98. The fourth-order valence-electron chi connectivity index (χ4n) is 1.47. The summed E-state index contributed by atoms with van der Waals surface area (Å²) in [6, 6.07) is 2.17. The Kier molecular flexibility index (Phi) is 4.78.